The Morgan fingerprint density at radius 1 is 0.234 bits per heavy atom. The lowest BCUT2D eigenvalue weighted by Gasteiger charge is -2.28. The number of hydrogen-bond acceptors (Lipinski definition) is 0. The molecule has 0 nitrogen and oxygen atoms in total. The van der Waals surface area contributed by atoms with Gasteiger partial charge in [-0.3, -0.25) is 0 Å². The molecule has 8 rings (SSSR count). The summed E-state index contributed by atoms with van der Waals surface area (Å²) in [7, 11) is -4.06. The number of benzene rings is 7. The summed E-state index contributed by atoms with van der Waals surface area (Å²) < 4.78 is 0. The number of fused-ring (bicyclic) bond motifs is 1. The Morgan fingerprint density at radius 3 is 0.638 bits per heavy atom. The van der Waals surface area contributed by atoms with Crippen molar-refractivity contribution in [3.63, 3.8) is 0 Å². The van der Waals surface area contributed by atoms with Gasteiger partial charge in [0, 0.05) is 10.8 Å². The Labute approximate surface area is 280 Å². The zero-order valence-electron chi connectivity index (χ0n) is 26.0. The maximum absolute atomic E-state index is 2.41. The molecule has 224 valence electrons. The lowest BCUT2D eigenvalue weighted by Crippen LogP contribution is -2.38. The Morgan fingerprint density at radius 2 is 0.426 bits per heavy atom. The van der Waals surface area contributed by atoms with E-state index in [4.69, 9.17) is 0 Å². The molecule has 0 saturated carbocycles. The molecule has 0 spiro atoms. The second-order valence-corrected chi connectivity index (χ2v) is 20.5. The van der Waals surface area contributed by atoms with Crippen LogP contribution in [0.4, 0.5) is 0 Å². The number of hydrogen-bond donors (Lipinski definition) is 0. The highest BCUT2D eigenvalue weighted by atomic mass is 31.2. The molecule has 0 amide bonds. The van der Waals surface area contributed by atoms with E-state index in [2.05, 4.69) is 206 Å². The summed E-state index contributed by atoms with van der Waals surface area (Å²) in [6, 6.07) is 77.4. The predicted octanol–water partition coefficient (Wildman–Crippen LogP) is 8.11. The van der Waals surface area contributed by atoms with Gasteiger partial charge in [0.1, 0.15) is 56.4 Å². The zero-order valence-corrected chi connectivity index (χ0v) is 28.8. The molecule has 0 aliphatic heterocycles. The minimum absolute atomic E-state index is 0.517. The van der Waals surface area contributed by atoms with Gasteiger partial charge in [-0.1, -0.05) is 121 Å². The first-order chi connectivity index (χ1) is 23.3. The van der Waals surface area contributed by atoms with E-state index in [1.807, 2.05) is 0 Å². The molecule has 3 heteroatoms. The highest BCUT2D eigenvalue weighted by Crippen LogP contribution is 2.63. The van der Waals surface area contributed by atoms with Crippen LogP contribution in [-0.2, 0) is 0 Å². The van der Waals surface area contributed by atoms with E-state index in [0.29, 0.717) is 8.19 Å². The molecule has 0 fully saturated rings. The molecular weight excluding hydrogens is 621 g/mol. The van der Waals surface area contributed by atoms with Crippen molar-refractivity contribution >= 4 is 75.4 Å². The molecule has 0 radical (unpaired) electrons. The highest BCUT2D eigenvalue weighted by Gasteiger charge is 2.55. The van der Waals surface area contributed by atoms with Crippen LogP contribution in [0.5, 0.6) is 0 Å². The quantitative estimate of drug-likeness (QED) is 0.145. The Kier molecular flexibility index (Phi) is 8.19. The van der Waals surface area contributed by atoms with Gasteiger partial charge in [-0.15, -0.1) is 0 Å². The van der Waals surface area contributed by atoms with Crippen LogP contribution in [0.1, 0.15) is 0 Å². The molecule has 0 saturated heterocycles. The highest BCUT2D eigenvalue weighted by molar-refractivity contribution is 8.10. The molecule has 47 heavy (non-hydrogen) atoms. The zero-order chi connectivity index (χ0) is 31.5. The first-order valence-electron chi connectivity index (χ1n) is 16.1. The maximum atomic E-state index is 2.41. The first kappa shape index (κ1) is 29.8. The summed E-state index contributed by atoms with van der Waals surface area (Å²) in [4.78, 5) is 0. The van der Waals surface area contributed by atoms with Crippen LogP contribution in [0.3, 0.4) is 0 Å². The lowest BCUT2D eigenvalue weighted by atomic mass is 10.2. The molecular formula is C44H35P3+2. The Hall–Kier alpha value is -4.56. The summed E-state index contributed by atoms with van der Waals surface area (Å²) in [5.74, 6) is 0. The standard InChI is InChI=1S/C44H35P3/c1-7-21-35(22-8-1)46(36-23-9-2-10-24-36,37-25-11-3-12-26-37)43-41-33-19-20-34-42(41)44(45-43)47(38-27-13-4-14-28-38,39-29-15-5-16-30-39)40-31-17-6-18-32-40/h1-34,45H/q+2. The van der Waals surface area contributed by atoms with Crippen molar-refractivity contribution in [2.45, 2.75) is 0 Å². The van der Waals surface area contributed by atoms with E-state index in [1.165, 1.54) is 42.6 Å². The van der Waals surface area contributed by atoms with Crippen LogP contribution in [0.2, 0.25) is 0 Å². The van der Waals surface area contributed by atoms with Gasteiger partial charge >= 0.3 is 0 Å². The SMILES string of the molecule is c1ccc([P+](c2ccccc2)(c2ccccc2)c2[pH]c([P+](c3ccccc3)(c3ccccc3)c3ccccc3)c3ccccc23)cc1. The molecule has 0 bridgehead atoms. The smallest absolute Gasteiger partial charge is 0.0620 e. The Balaban J connectivity index is 1.58. The van der Waals surface area contributed by atoms with Crippen LogP contribution < -0.4 is 41.9 Å². The van der Waals surface area contributed by atoms with Crippen LogP contribution >= 0.6 is 22.7 Å². The minimum atomic E-state index is -2.29. The summed E-state index contributed by atoms with van der Waals surface area (Å²) >= 11 is 0. The molecule has 1 heterocycles. The second-order valence-electron chi connectivity index (χ2n) is 11.7. The minimum Gasteiger partial charge on any atom is -0.0620 e. The molecule has 0 aliphatic rings. The van der Waals surface area contributed by atoms with Gasteiger partial charge in [-0.05, 0) is 93.1 Å². The molecule has 0 atom stereocenters. The normalized spacial score (nSPS) is 11.8. The lowest BCUT2D eigenvalue weighted by molar-refractivity contribution is 1.72. The monoisotopic (exact) mass is 656 g/mol. The third kappa shape index (κ3) is 4.92. The van der Waals surface area contributed by atoms with Gasteiger partial charge in [-0.25, -0.2) is 0 Å². The van der Waals surface area contributed by atoms with Crippen LogP contribution in [0, 0.1) is 0 Å². The first-order valence-corrected chi connectivity index (χ1v) is 20.7. The molecule has 1 aromatic heterocycles. The third-order valence-electron chi connectivity index (χ3n) is 9.21. The van der Waals surface area contributed by atoms with Crippen molar-refractivity contribution in [3.8, 4) is 0 Å². The largest absolute Gasteiger partial charge is 0.148 e. The van der Waals surface area contributed by atoms with Gasteiger partial charge in [0.2, 0.25) is 0 Å². The van der Waals surface area contributed by atoms with Crippen LogP contribution in [0.15, 0.2) is 206 Å². The van der Waals surface area contributed by atoms with Gasteiger partial charge in [0.15, 0.2) is 0 Å². The van der Waals surface area contributed by atoms with Crippen molar-refractivity contribution in [3.05, 3.63) is 206 Å². The van der Waals surface area contributed by atoms with E-state index >= 15 is 0 Å². The Bertz CT molecular complexity index is 1860. The number of rotatable bonds is 8. The molecule has 8 aromatic rings. The summed E-state index contributed by atoms with van der Waals surface area (Å²) in [5.41, 5.74) is 0. The molecule has 0 aliphatic carbocycles. The summed E-state index contributed by atoms with van der Waals surface area (Å²) in [5, 5.41) is 14.3. The van der Waals surface area contributed by atoms with Crippen LogP contribution in [0.25, 0.3) is 10.8 Å². The van der Waals surface area contributed by atoms with Gasteiger partial charge in [0.05, 0.1) is 0 Å². The van der Waals surface area contributed by atoms with E-state index in [0.717, 1.165) is 0 Å². The topological polar surface area (TPSA) is 0 Å². The van der Waals surface area contributed by atoms with E-state index in [-0.39, 0.29) is 0 Å². The summed E-state index contributed by atoms with van der Waals surface area (Å²) in [6.45, 7) is 0. The van der Waals surface area contributed by atoms with Crippen LogP contribution in [-0.4, -0.2) is 0 Å². The van der Waals surface area contributed by atoms with Crippen molar-refractivity contribution < 1.29 is 0 Å². The fourth-order valence-corrected chi connectivity index (χ4v) is 20.9. The van der Waals surface area contributed by atoms with Crippen molar-refractivity contribution in [1.29, 1.82) is 0 Å². The maximum Gasteiger partial charge on any atom is 0.148 e. The van der Waals surface area contributed by atoms with Gasteiger partial charge in [-0.2, -0.15) is 0 Å². The molecule has 7 aromatic carbocycles. The predicted molar refractivity (Wildman–Crippen MR) is 213 cm³/mol. The molecule has 0 N–H and O–H groups in total. The van der Waals surface area contributed by atoms with Crippen molar-refractivity contribution in [1.82, 2.24) is 0 Å². The van der Waals surface area contributed by atoms with Crippen molar-refractivity contribution in [2.75, 3.05) is 0 Å². The average molecular weight is 657 g/mol. The fraction of sp³-hybridized carbons (Fsp3) is 0. The van der Waals surface area contributed by atoms with Gasteiger partial charge in [0.25, 0.3) is 0 Å². The molecule has 0 unspecified atom stereocenters. The fourth-order valence-electron chi connectivity index (χ4n) is 7.25. The third-order valence-corrected chi connectivity index (χ3v) is 21.2. The van der Waals surface area contributed by atoms with E-state index < -0.39 is 14.5 Å². The average Bonchev–Trinajstić information content (AvgIpc) is 3.55. The van der Waals surface area contributed by atoms with E-state index in [1.54, 1.807) is 10.1 Å². The second kappa shape index (κ2) is 12.9. The van der Waals surface area contributed by atoms with Crippen molar-refractivity contribution in [2.24, 2.45) is 0 Å². The van der Waals surface area contributed by atoms with Gasteiger partial charge < -0.3 is 0 Å². The van der Waals surface area contributed by atoms with E-state index in [9.17, 15) is 0 Å². The summed E-state index contributed by atoms with van der Waals surface area (Å²) in [6.07, 6.45) is 0.